The molecule has 1 heterocycles. The fraction of sp³-hybridized carbons (Fsp3) is 0.458. The summed E-state index contributed by atoms with van der Waals surface area (Å²) in [5.41, 5.74) is 4.52. The molecule has 0 bridgehead atoms. The molecule has 1 aliphatic rings. The molecule has 0 amide bonds. The zero-order valence-corrected chi connectivity index (χ0v) is 18.9. The van der Waals surface area contributed by atoms with Gasteiger partial charge in [0.1, 0.15) is 0 Å². The van der Waals surface area contributed by atoms with Crippen LogP contribution in [0.25, 0.3) is 5.57 Å². The van der Waals surface area contributed by atoms with E-state index in [1.807, 2.05) is 25.1 Å². The van der Waals surface area contributed by atoms with Gasteiger partial charge in [-0.15, -0.1) is 0 Å². The normalized spacial score (nSPS) is 19.1. The summed E-state index contributed by atoms with van der Waals surface area (Å²) in [4.78, 5) is 11.2. The highest BCUT2D eigenvalue weighted by Gasteiger charge is 2.33. The molecule has 0 fully saturated rings. The van der Waals surface area contributed by atoms with Crippen LogP contribution < -0.4 is 0 Å². The Hall–Kier alpha value is -2.14. The topological polar surface area (TPSA) is 71.4 Å². The molecule has 0 aliphatic carbocycles. The molecule has 1 aliphatic heterocycles. The molecule has 0 atom stereocenters. The molecule has 2 rings (SSSR count). The Morgan fingerprint density at radius 3 is 2.55 bits per heavy atom. The number of allylic oxidation sites excluding steroid dienone is 5. The molecule has 0 spiro atoms. The van der Waals surface area contributed by atoms with E-state index in [0.717, 1.165) is 47.6 Å². The predicted octanol–water partition coefficient (Wildman–Crippen LogP) is 5.47. The summed E-state index contributed by atoms with van der Waals surface area (Å²) in [6.07, 6.45) is 9.98. The number of hydrogen-bond donors (Lipinski definition) is 1. The molecule has 29 heavy (non-hydrogen) atoms. The average molecular weight is 417 g/mol. The van der Waals surface area contributed by atoms with Crippen molar-refractivity contribution in [1.29, 1.82) is 0 Å². The minimum absolute atomic E-state index is 0.199. The number of hydrogen-bond acceptors (Lipinski definition) is 3. The molecule has 1 N–H and O–H groups in total. The number of carboxylic acids is 1. The van der Waals surface area contributed by atoms with Crippen molar-refractivity contribution in [2.75, 3.05) is 5.75 Å². The van der Waals surface area contributed by atoms with E-state index in [9.17, 15) is 13.2 Å². The van der Waals surface area contributed by atoms with Gasteiger partial charge < -0.3 is 5.11 Å². The summed E-state index contributed by atoms with van der Waals surface area (Å²) in [6.45, 7) is 10.1. The van der Waals surface area contributed by atoms with E-state index < -0.39 is 15.8 Å². The van der Waals surface area contributed by atoms with Gasteiger partial charge in [-0.25, -0.2) is 13.2 Å². The number of aliphatic carboxylic acids is 1. The minimum Gasteiger partial charge on any atom is -0.478 e. The molecular weight excluding hydrogens is 384 g/mol. The third kappa shape index (κ3) is 5.69. The smallest absolute Gasteiger partial charge is 0.328 e. The molecule has 0 saturated carbocycles. The summed E-state index contributed by atoms with van der Waals surface area (Å²) >= 11 is 0. The van der Waals surface area contributed by atoms with Crippen molar-refractivity contribution in [3.05, 3.63) is 58.7 Å². The largest absolute Gasteiger partial charge is 0.478 e. The lowest BCUT2D eigenvalue weighted by atomic mass is 9.78. The Labute approximate surface area is 175 Å². The minimum atomic E-state index is -3.27. The Balaban J connectivity index is 2.60. The number of fused-ring (bicyclic) bond motifs is 1. The van der Waals surface area contributed by atoms with Crippen LogP contribution in [-0.2, 0) is 26.5 Å². The molecule has 1 aromatic rings. The SMILES string of the molecule is CCCc1cc2c(cc1/C(C)=C/C=C/C(C)=C/C(=O)O)C(C)(C)CCCS2(=O)=O. The predicted molar refractivity (Wildman–Crippen MR) is 119 cm³/mol. The maximum atomic E-state index is 12.9. The van der Waals surface area contributed by atoms with Crippen LogP contribution in [0.1, 0.15) is 70.6 Å². The lowest BCUT2D eigenvalue weighted by Crippen LogP contribution is -2.18. The maximum absolute atomic E-state index is 12.9. The van der Waals surface area contributed by atoms with E-state index in [1.54, 1.807) is 13.0 Å². The van der Waals surface area contributed by atoms with Crippen LogP contribution in [0, 0.1) is 0 Å². The molecule has 158 valence electrons. The first-order chi connectivity index (χ1) is 13.5. The van der Waals surface area contributed by atoms with Gasteiger partial charge >= 0.3 is 5.97 Å². The number of aryl methyl sites for hydroxylation is 1. The second-order valence-corrected chi connectivity index (χ2v) is 10.6. The van der Waals surface area contributed by atoms with E-state index in [0.29, 0.717) is 16.9 Å². The quantitative estimate of drug-likeness (QED) is 0.493. The van der Waals surface area contributed by atoms with Crippen LogP contribution in [-0.4, -0.2) is 25.2 Å². The van der Waals surface area contributed by atoms with Crippen molar-refractivity contribution < 1.29 is 18.3 Å². The summed E-state index contributed by atoms with van der Waals surface area (Å²) in [7, 11) is -3.27. The Morgan fingerprint density at radius 1 is 1.24 bits per heavy atom. The summed E-state index contributed by atoms with van der Waals surface area (Å²) in [5, 5.41) is 8.82. The highest BCUT2D eigenvalue weighted by atomic mass is 32.2. The van der Waals surface area contributed by atoms with E-state index in [2.05, 4.69) is 26.8 Å². The molecular formula is C24H32O4S. The summed E-state index contributed by atoms with van der Waals surface area (Å²) in [6, 6.07) is 3.97. The van der Waals surface area contributed by atoms with Gasteiger partial charge in [0, 0.05) is 6.08 Å². The molecule has 5 heteroatoms. The number of sulfone groups is 1. The van der Waals surface area contributed by atoms with Crippen molar-refractivity contribution in [2.24, 2.45) is 0 Å². The monoisotopic (exact) mass is 416 g/mol. The van der Waals surface area contributed by atoms with Crippen molar-refractivity contribution in [2.45, 2.75) is 70.6 Å². The fourth-order valence-corrected chi connectivity index (χ4v) is 5.61. The van der Waals surface area contributed by atoms with Gasteiger partial charge in [0.2, 0.25) is 0 Å². The van der Waals surface area contributed by atoms with E-state index in [4.69, 9.17) is 5.11 Å². The number of rotatable bonds is 6. The number of benzene rings is 1. The van der Waals surface area contributed by atoms with Crippen LogP contribution in [0.5, 0.6) is 0 Å². The van der Waals surface area contributed by atoms with Crippen molar-refractivity contribution in [1.82, 2.24) is 0 Å². The molecule has 0 saturated heterocycles. The van der Waals surface area contributed by atoms with E-state index in [-0.39, 0.29) is 11.2 Å². The standard InChI is InChI=1S/C24H32O4S/c1-6-9-19-15-22-21(24(4,5)12-8-13-29(22,27)28)16-20(19)18(3)11-7-10-17(2)14-23(25)26/h7,10-11,14-16H,6,8-9,12-13H2,1-5H3,(H,25,26)/b10-7+,17-14+,18-11+. The summed E-state index contributed by atoms with van der Waals surface area (Å²) in [5.74, 6) is -0.756. The molecule has 1 aromatic carbocycles. The van der Waals surface area contributed by atoms with Crippen LogP contribution >= 0.6 is 0 Å². The van der Waals surface area contributed by atoms with Gasteiger partial charge in [-0.1, -0.05) is 45.4 Å². The average Bonchev–Trinajstić information content (AvgIpc) is 2.68. The lowest BCUT2D eigenvalue weighted by Gasteiger charge is -2.26. The van der Waals surface area contributed by atoms with Gasteiger partial charge in [-0.2, -0.15) is 0 Å². The van der Waals surface area contributed by atoms with Crippen LogP contribution in [0.4, 0.5) is 0 Å². The van der Waals surface area contributed by atoms with Crippen LogP contribution in [0.3, 0.4) is 0 Å². The fourth-order valence-electron chi connectivity index (χ4n) is 3.88. The second kappa shape index (κ2) is 9.12. The first-order valence-electron chi connectivity index (χ1n) is 10.1. The van der Waals surface area contributed by atoms with Gasteiger partial charge in [0.05, 0.1) is 10.6 Å². The van der Waals surface area contributed by atoms with Gasteiger partial charge in [0.15, 0.2) is 9.84 Å². The van der Waals surface area contributed by atoms with E-state index in [1.165, 1.54) is 0 Å². The first-order valence-corrected chi connectivity index (χ1v) is 11.8. The van der Waals surface area contributed by atoms with Crippen molar-refractivity contribution in [3.63, 3.8) is 0 Å². The highest BCUT2D eigenvalue weighted by Crippen LogP contribution is 2.40. The maximum Gasteiger partial charge on any atom is 0.328 e. The number of carboxylic acid groups (broad SMARTS) is 1. The first kappa shape index (κ1) is 23.1. The van der Waals surface area contributed by atoms with E-state index >= 15 is 0 Å². The van der Waals surface area contributed by atoms with Crippen LogP contribution in [0.2, 0.25) is 0 Å². The highest BCUT2D eigenvalue weighted by molar-refractivity contribution is 7.91. The van der Waals surface area contributed by atoms with Crippen molar-refractivity contribution >= 4 is 21.4 Å². The Bertz CT molecular complexity index is 976. The second-order valence-electron chi connectivity index (χ2n) is 8.50. The zero-order valence-electron chi connectivity index (χ0n) is 18.1. The van der Waals surface area contributed by atoms with Gasteiger partial charge in [-0.05, 0) is 78.5 Å². The molecule has 4 nitrogen and oxygen atoms in total. The zero-order chi connectivity index (χ0) is 21.8. The van der Waals surface area contributed by atoms with Gasteiger partial charge in [-0.3, -0.25) is 0 Å². The Kier molecular flexibility index (Phi) is 7.28. The third-order valence-electron chi connectivity index (χ3n) is 5.49. The lowest BCUT2D eigenvalue weighted by molar-refractivity contribution is -0.131. The summed E-state index contributed by atoms with van der Waals surface area (Å²) < 4.78 is 25.7. The number of carbonyl (C=O) groups is 1. The van der Waals surface area contributed by atoms with Crippen LogP contribution in [0.15, 0.2) is 46.9 Å². The molecule has 0 unspecified atom stereocenters. The third-order valence-corrected chi connectivity index (χ3v) is 7.32. The molecule has 0 radical (unpaired) electrons. The Morgan fingerprint density at radius 2 is 1.93 bits per heavy atom. The molecule has 0 aromatic heterocycles. The van der Waals surface area contributed by atoms with Gasteiger partial charge in [0.25, 0.3) is 0 Å². The van der Waals surface area contributed by atoms with Crippen molar-refractivity contribution in [3.8, 4) is 0 Å².